The molecular formula is C16H20N2O3. The van der Waals surface area contributed by atoms with Gasteiger partial charge in [0.05, 0.1) is 11.5 Å². The largest absolute Gasteiger partial charge is 0.481 e. The molecule has 1 saturated carbocycles. The third kappa shape index (κ3) is 2.42. The molecule has 1 aliphatic heterocycles. The van der Waals surface area contributed by atoms with Crippen molar-refractivity contribution in [1.82, 2.24) is 4.90 Å². The Kier molecular flexibility index (Phi) is 3.24. The SMILES string of the molecule is CC(N)(C(=O)N1Cc2ccccc2C(C(=O)O)C1)C1CC1. The van der Waals surface area contributed by atoms with E-state index in [1.807, 2.05) is 24.3 Å². The van der Waals surface area contributed by atoms with Gasteiger partial charge in [0.1, 0.15) is 0 Å². The summed E-state index contributed by atoms with van der Waals surface area (Å²) in [6.45, 7) is 2.41. The zero-order chi connectivity index (χ0) is 15.2. The first-order valence-corrected chi connectivity index (χ1v) is 7.30. The lowest BCUT2D eigenvalue weighted by Crippen LogP contribution is -2.56. The van der Waals surface area contributed by atoms with E-state index in [2.05, 4.69) is 0 Å². The minimum absolute atomic E-state index is 0.134. The molecule has 3 N–H and O–H groups in total. The van der Waals surface area contributed by atoms with Crippen LogP contribution in [-0.4, -0.2) is 34.0 Å². The van der Waals surface area contributed by atoms with Gasteiger partial charge in [-0.2, -0.15) is 0 Å². The Morgan fingerprint density at radius 3 is 2.62 bits per heavy atom. The summed E-state index contributed by atoms with van der Waals surface area (Å²) in [5.41, 5.74) is 7.02. The molecule has 1 amide bonds. The lowest BCUT2D eigenvalue weighted by molar-refractivity contribution is -0.143. The number of carbonyl (C=O) groups excluding carboxylic acids is 1. The van der Waals surface area contributed by atoms with Gasteiger partial charge in [0.25, 0.3) is 0 Å². The normalized spacial score (nSPS) is 24.1. The van der Waals surface area contributed by atoms with Crippen LogP contribution in [0.2, 0.25) is 0 Å². The van der Waals surface area contributed by atoms with Crippen LogP contribution in [0.3, 0.4) is 0 Å². The summed E-state index contributed by atoms with van der Waals surface area (Å²) < 4.78 is 0. The number of carboxylic acids is 1. The van der Waals surface area contributed by atoms with Crippen LogP contribution >= 0.6 is 0 Å². The van der Waals surface area contributed by atoms with Crippen LogP contribution in [0.5, 0.6) is 0 Å². The van der Waals surface area contributed by atoms with E-state index in [1.54, 1.807) is 11.8 Å². The first kappa shape index (κ1) is 14.1. The fourth-order valence-corrected chi connectivity index (χ4v) is 3.17. The fraction of sp³-hybridized carbons (Fsp3) is 0.500. The van der Waals surface area contributed by atoms with Gasteiger partial charge in [-0.3, -0.25) is 9.59 Å². The Labute approximate surface area is 123 Å². The molecule has 1 heterocycles. The van der Waals surface area contributed by atoms with Crippen LogP contribution in [0, 0.1) is 5.92 Å². The third-order valence-corrected chi connectivity index (χ3v) is 4.67. The second-order valence-electron chi connectivity index (χ2n) is 6.33. The summed E-state index contributed by atoms with van der Waals surface area (Å²) in [5, 5.41) is 9.44. The minimum atomic E-state index is -0.898. The van der Waals surface area contributed by atoms with Gasteiger partial charge in [0, 0.05) is 13.1 Å². The smallest absolute Gasteiger partial charge is 0.312 e. The second-order valence-corrected chi connectivity index (χ2v) is 6.33. The Balaban J connectivity index is 1.89. The standard InChI is InChI=1S/C16H20N2O3/c1-16(17,11-6-7-11)15(21)18-8-10-4-2-3-5-12(10)13(9-18)14(19)20/h2-5,11,13H,6-9,17H2,1H3,(H,19,20). The van der Waals surface area contributed by atoms with Crippen molar-refractivity contribution in [2.45, 2.75) is 37.8 Å². The van der Waals surface area contributed by atoms with Crippen molar-refractivity contribution in [1.29, 1.82) is 0 Å². The molecule has 112 valence electrons. The van der Waals surface area contributed by atoms with Crippen LogP contribution in [0.15, 0.2) is 24.3 Å². The van der Waals surface area contributed by atoms with E-state index in [0.29, 0.717) is 6.54 Å². The molecule has 1 fully saturated rings. The summed E-state index contributed by atoms with van der Waals surface area (Å²) in [4.78, 5) is 25.8. The maximum atomic E-state index is 12.7. The van der Waals surface area contributed by atoms with Gasteiger partial charge >= 0.3 is 5.97 Å². The molecule has 2 atom stereocenters. The second kappa shape index (κ2) is 4.84. The van der Waals surface area contributed by atoms with Crippen LogP contribution in [0.25, 0.3) is 0 Å². The predicted octanol–water partition coefficient (Wildman–Crippen LogP) is 1.32. The first-order valence-electron chi connectivity index (χ1n) is 7.30. The van der Waals surface area contributed by atoms with Gasteiger partial charge in [0.15, 0.2) is 0 Å². The highest BCUT2D eigenvalue weighted by atomic mass is 16.4. The van der Waals surface area contributed by atoms with Gasteiger partial charge in [-0.25, -0.2) is 0 Å². The van der Waals surface area contributed by atoms with Crippen LogP contribution in [-0.2, 0) is 16.1 Å². The average Bonchev–Trinajstić information content (AvgIpc) is 3.30. The molecule has 2 aliphatic rings. The molecule has 0 saturated heterocycles. The Morgan fingerprint density at radius 1 is 1.33 bits per heavy atom. The van der Waals surface area contributed by atoms with Crippen LogP contribution < -0.4 is 5.73 Å². The van der Waals surface area contributed by atoms with Gasteiger partial charge in [-0.1, -0.05) is 24.3 Å². The molecule has 0 aromatic heterocycles. The number of nitrogens with zero attached hydrogens (tertiary/aromatic N) is 1. The number of fused-ring (bicyclic) bond motifs is 1. The highest BCUT2D eigenvalue weighted by Gasteiger charge is 2.47. The summed E-state index contributed by atoms with van der Waals surface area (Å²) in [7, 11) is 0. The number of carboxylic acid groups (broad SMARTS) is 1. The van der Waals surface area contributed by atoms with Gasteiger partial charge in [-0.15, -0.1) is 0 Å². The topological polar surface area (TPSA) is 83.6 Å². The molecule has 1 aromatic rings. The number of benzene rings is 1. The number of hydrogen-bond acceptors (Lipinski definition) is 3. The Morgan fingerprint density at radius 2 is 2.00 bits per heavy atom. The summed E-state index contributed by atoms with van der Waals surface area (Å²) in [6.07, 6.45) is 1.96. The van der Waals surface area contributed by atoms with E-state index in [-0.39, 0.29) is 18.4 Å². The maximum absolute atomic E-state index is 12.7. The first-order chi connectivity index (χ1) is 9.91. The Bertz CT molecular complexity index is 593. The van der Waals surface area contributed by atoms with Crippen molar-refractivity contribution < 1.29 is 14.7 Å². The van der Waals surface area contributed by atoms with E-state index in [9.17, 15) is 14.7 Å². The molecule has 3 rings (SSSR count). The van der Waals surface area contributed by atoms with Crippen LogP contribution in [0.1, 0.15) is 36.8 Å². The van der Waals surface area contributed by atoms with E-state index in [0.717, 1.165) is 24.0 Å². The van der Waals surface area contributed by atoms with Crippen molar-refractivity contribution in [2.24, 2.45) is 11.7 Å². The van der Waals surface area contributed by atoms with Crippen molar-refractivity contribution in [3.8, 4) is 0 Å². The molecule has 1 aliphatic carbocycles. The quantitative estimate of drug-likeness (QED) is 0.878. The number of carbonyl (C=O) groups is 2. The number of nitrogens with two attached hydrogens (primary N) is 1. The maximum Gasteiger partial charge on any atom is 0.312 e. The van der Waals surface area contributed by atoms with E-state index in [4.69, 9.17) is 5.73 Å². The lowest BCUT2D eigenvalue weighted by atomic mass is 9.87. The fourth-order valence-electron chi connectivity index (χ4n) is 3.17. The molecule has 0 radical (unpaired) electrons. The minimum Gasteiger partial charge on any atom is -0.481 e. The molecule has 5 nitrogen and oxygen atoms in total. The van der Waals surface area contributed by atoms with Crippen molar-refractivity contribution in [3.05, 3.63) is 35.4 Å². The van der Waals surface area contributed by atoms with Crippen LogP contribution in [0.4, 0.5) is 0 Å². The summed E-state index contributed by atoms with van der Waals surface area (Å²) in [5.74, 6) is -1.48. The molecule has 21 heavy (non-hydrogen) atoms. The number of amides is 1. The van der Waals surface area contributed by atoms with Gasteiger partial charge < -0.3 is 15.7 Å². The highest BCUT2D eigenvalue weighted by molar-refractivity contribution is 5.88. The number of hydrogen-bond donors (Lipinski definition) is 2. The predicted molar refractivity (Wildman–Crippen MR) is 77.6 cm³/mol. The summed E-state index contributed by atoms with van der Waals surface area (Å²) in [6, 6.07) is 7.42. The summed E-state index contributed by atoms with van der Waals surface area (Å²) >= 11 is 0. The average molecular weight is 288 g/mol. The molecule has 5 heteroatoms. The molecule has 2 unspecified atom stereocenters. The van der Waals surface area contributed by atoms with Crippen molar-refractivity contribution in [3.63, 3.8) is 0 Å². The van der Waals surface area contributed by atoms with Crippen molar-refractivity contribution in [2.75, 3.05) is 6.54 Å². The monoisotopic (exact) mass is 288 g/mol. The highest BCUT2D eigenvalue weighted by Crippen LogP contribution is 2.40. The number of rotatable bonds is 3. The molecular weight excluding hydrogens is 268 g/mol. The molecule has 1 aromatic carbocycles. The van der Waals surface area contributed by atoms with Gasteiger partial charge in [0.2, 0.25) is 5.91 Å². The number of aliphatic carboxylic acids is 1. The zero-order valence-corrected chi connectivity index (χ0v) is 12.1. The Hall–Kier alpha value is -1.88. The van der Waals surface area contributed by atoms with Crippen molar-refractivity contribution >= 4 is 11.9 Å². The zero-order valence-electron chi connectivity index (χ0n) is 12.1. The lowest BCUT2D eigenvalue weighted by Gasteiger charge is -2.37. The molecule has 0 spiro atoms. The van der Waals surface area contributed by atoms with E-state index >= 15 is 0 Å². The molecule has 0 bridgehead atoms. The van der Waals surface area contributed by atoms with Gasteiger partial charge in [-0.05, 0) is 36.8 Å². The van der Waals surface area contributed by atoms with E-state index in [1.165, 1.54) is 0 Å². The third-order valence-electron chi connectivity index (χ3n) is 4.67. The van der Waals surface area contributed by atoms with E-state index < -0.39 is 17.4 Å².